The van der Waals surface area contributed by atoms with Gasteiger partial charge in [0.05, 0.1) is 5.69 Å². The van der Waals surface area contributed by atoms with Crippen LogP contribution in [0.5, 0.6) is 0 Å². The van der Waals surface area contributed by atoms with E-state index >= 15 is 0 Å². The van der Waals surface area contributed by atoms with Gasteiger partial charge in [-0.15, -0.1) is 0 Å². The van der Waals surface area contributed by atoms with Gasteiger partial charge < -0.3 is 5.32 Å². The van der Waals surface area contributed by atoms with E-state index in [0.717, 1.165) is 30.4 Å². The van der Waals surface area contributed by atoms with Crippen molar-refractivity contribution in [1.29, 1.82) is 0 Å². The maximum absolute atomic E-state index is 12.5. The predicted molar refractivity (Wildman–Crippen MR) is 84.3 cm³/mol. The molecule has 2 rings (SSSR count). The summed E-state index contributed by atoms with van der Waals surface area (Å²) in [7, 11) is 0. The molecule has 5 heteroatoms. The molecule has 1 N–H and O–H groups in total. The molecule has 2 atom stereocenters. The highest BCUT2D eigenvalue weighted by atomic mass is 79.9. The van der Waals surface area contributed by atoms with E-state index in [1.807, 2.05) is 13.0 Å². The number of alkyl halides is 1. The summed E-state index contributed by atoms with van der Waals surface area (Å²) in [6.45, 7) is 4.81. The van der Waals surface area contributed by atoms with Crippen LogP contribution in [0.2, 0.25) is 0 Å². The van der Waals surface area contributed by atoms with Gasteiger partial charge in [-0.3, -0.25) is 9.48 Å². The second kappa shape index (κ2) is 7.25. The summed E-state index contributed by atoms with van der Waals surface area (Å²) in [5.41, 5.74) is 1.68. The van der Waals surface area contributed by atoms with Gasteiger partial charge in [-0.1, -0.05) is 35.7 Å². The third-order valence-corrected chi connectivity index (χ3v) is 4.98. The summed E-state index contributed by atoms with van der Waals surface area (Å²) in [5, 5.41) is 8.63. The minimum Gasteiger partial charge on any atom is -0.348 e. The SMILES string of the molecule is CCc1cc(C(=O)NC2CCCCC2CBr)n(CC)n1. The standard InChI is InChI=1S/C15H24BrN3O/c1-3-12-9-14(19(4-2)18-12)15(20)17-13-8-6-5-7-11(13)10-16/h9,11,13H,3-8,10H2,1-2H3,(H,17,20). The van der Waals surface area contributed by atoms with E-state index in [9.17, 15) is 4.79 Å². The molecule has 0 bridgehead atoms. The van der Waals surface area contributed by atoms with Gasteiger partial charge >= 0.3 is 0 Å². The lowest BCUT2D eigenvalue weighted by Crippen LogP contribution is -2.43. The van der Waals surface area contributed by atoms with Crippen LogP contribution in [0.4, 0.5) is 0 Å². The largest absolute Gasteiger partial charge is 0.348 e. The fourth-order valence-electron chi connectivity index (χ4n) is 2.89. The molecular weight excluding hydrogens is 318 g/mol. The topological polar surface area (TPSA) is 46.9 Å². The minimum absolute atomic E-state index is 0.0249. The molecule has 1 amide bonds. The average molecular weight is 342 g/mol. The number of hydrogen-bond acceptors (Lipinski definition) is 2. The normalized spacial score (nSPS) is 22.8. The van der Waals surface area contributed by atoms with Crippen LogP contribution < -0.4 is 5.32 Å². The first-order valence-electron chi connectivity index (χ1n) is 7.63. The molecule has 0 spiro atoms. The maximum Gasteiger partial charge on any atom is 0.269 e. The first-order valence-corrected chi connectivity index (χ1v) is 8.75. The summed E-state index contributed by atoms with van der Waals surface area (Å²) >= 11 is 3.57. The zero-order chi connectivity index (χ0) is 14.5. The molecule has 1 aliphatic carbocycles. The molecule has 20 heavy (non-hydrogen) atoms. The van der Waals surface area contributed by atoms with Crippen molar-refractivity contribution >= 4 is 21.8 Å². The van der Waals surface area contributed by atoms with Crippen molar-refractivity contribution in [2.45, 2.75) is 58.5 Å². The van der Waals surface area contributed by atoms with Crippen LogP contribution in [0.25, 0.3) is 0 Å². The predicted octanol–water partition coefficient (Wildman–Crippen LogP) is 3.15. The van der Waals surface area contributed by atoms with E-state index in [1.54, 1.807) is 4.68 Å². The van der Waals surface area contributed by atoms with Gasteiger partial charge in [0.25, 0.3) is 5.91 Å². The zero-order valence-corrected chi connectivity index (χ0v) is 13.9. The van der Waals surface area contributed by atoms with Gasteiger partial charge in [-0.2, -0.15) is 5.10 Å². The molecule has 1 aromatic rings. The molecule has 2 unspecified atom stereocenters. The summed E-state index contributed by atoms with van der Waals surface area (Å²) in [4.78, 5) is 12.5. The Labute approximate surface area is 129 Å². The Balaban J connectivity index is 2.08. The number of hydrogen-bond donors (Lipinski definition) is 1. The highest BCUT2D eigenvalue weighted by Crippen LogP contribution is 2.26. The number of amides is 1. The molecule has 0 saturated heterocycles. The Bertz CT molecular complexity index is 458. The Kier molecular flexibility index (Phi) is 5.64. The van der Waals surface area contributed by atoms with Crippen molar-refractivity contribution in [2.75, 3.05) is 5.33 Å². The Morgan fingerprint density at radius 3 is 2.85 bits per heavy atom. The third kappa shape index (κ3) is 3.43. The Morgan fingerprint density at radius 2 is 2.20 bits per heavy atom. The number of halogens is 1. The second-order valence-corrected chi connectivity index (χ2v) is 6.12. The smallest absolute Gasteiger partial charge is 0.269 e. The highest BCUT2D eigenvalue weighted by molar-refractivity contribution is 9.09. The highest BCUT2D eigenvalue weighted by Gasteiger charge is 2.27. The van der Waals surface area contributed by atoms with Crippen molar-refractivity contribution in [2.24, 2.45) is 5.92 Å². The molecule has 1 fully saturated rings. The summed E-state index contributed by atoms with van der Waals surface area (Å²) < 4.78 is 1.81. The van der Waals surface area contributed by atoms with Crippen LogP contribution in [0.15, 0.2) is 6.07 Å². The fraction of sp³-hybridized carbons (Fsp3) is 0.733. The van der Waals surface area contributed by atoms with Crippen molar-refractivity contribution in [3.05, 3.63) is 17.5 Å². The van der Waals surface area contributed by atoms with Crippen LogP contribution in [0.3, 0.4) is 0 Å². The average Bonchev–Trinajstić information content (AvgIpc) is 2.91. The van der Waals surface area contributed by atoms with Crippen LogP contribution in [0, 0.1) is 5.92 Å². The number of nitrogens with zero attached hydrogens (tertiary/aromatic N) is 2. The van der Waals surface area contributed by atoms with E-state index < -0.39 is 0 Å². The van der Waals surface area contributed by atoms with E-state index in [-0.39, 0.29) is 5.91 Å². The number of aromatic nitrogens is 2. The molecule has 4 nitrogen and oxygen atoms in total. The zero-order valence-electron chi connectivity index (χ0n) is 12.4. The van der Waals surface area contributed by atoms with Crippen molar-refractivity contribution in [3.8, 4) is 0 Å². The van der Waals surface area contributed by atoms with E-state index in [2.05, 4.69) is 33.3 Å². The van der Waals surface area contributed by atoms with Gasteiger partial charge in [-0.05, 0) is 38.2 Å². The van der Waals surface area contributed by atoms with E-state index in [1.165, 1.54) is 19.3 Å². The number of aryl methyl sites for hydroxylation is 2. The van der Waals surface area contributed by atoms with Crippen LogP contribution in [0.1, 0.15) is 55.7 Å². The quantitative estimate of drug-likeness (QED) is 0.836. The maximum atomic E-state index is 12.5. The Hall–Kier alpha value is -0.840. The number of nitrogens with one attached hydrogen (secondary N) is 1. The summed E-state index contributed by atoms with van der Waals surface area (Å²) in [6.07, 6.45) is 5.63. The van der Waals surface area contributed by atoms with E-state index in [4.69, 9.17) is 0 Å². The fourth-order valence-corrected chi connectivity index (χ4v) is 3.67. The number of rotatable bonds is 5. The van der Waals surface area contributed by atoms with Crippen LogP contribution in [-0.4, -0.2) is 27.1 Å². The Morgan fingerprint density at radius 1 is 1.45 bits per heavy atom. The van der Waals surface area contributed by atoms with Crippen LogP contribution in [-0.2, 0) is 13.0 Å². The molecule has 0 aromatic carbocycles. The lowest BCUT2D eigenvalue weighted by Gasteiger charge is -2.30. The summed E-state index contributed by atoms with van der Waals surface area (Å²) in [5.74, 6) is 0.577. The van der Waals surface area contributed by atoms with Gasteiger partial charge in [-0.25, -0.2) is 0 Å². The first-order chi connectivity index (χ1) is 9.69. The number of carbonyl (C=O) groups excluding carboxylic acids is 1. The third-order valence-electron chi connectivity index (χ3n) is 4.15. The molecule has 1 aromatic heterocycles. The van der Waals surface area contributed by atoms with Crippen LogP contribution >= 0.6 is 15.9 Å². The molecule has 0 aliphatic heterocycles. The molecule has 112 valence electrons. The second-order valence-electron chi connectivity index (χ2n) is 5.47. The van der Waals surface area contributed by atoms with Gasteiger partial charge in [0.1, 0.15) is 5.69 Å². The molecule has 1 saturated carbocycles. The molecular formula is C15H24BrN3O. The summed E-state index contributed by atoms with van der Waals surface area (Å²) in [6, 6.07) is 2.21. The van der Waals surface area contributed by atoms with Gasteiger partial charge in [0.15, 0.2) is 0 Å². The monoisotopic (exact) mass is 341 g/mol. The van der Waals surface area contributed by atoms with Crippen molar-refractivity contribution < 1.29 is 4.79 Å². The first kappa shape index (κ1) is 15.5. The van der Waals surface area contributed by atoms with Gasteiger partial charge in [0.2, 0.25) is 0 Å². The molecule has 0 radical (unpaired) electrons. The minimum atomic E-state index is 0.0249. The number of carbonyl (C=O) groups is 1. The van der Waals surface area contributed by atoms with Crippen molar-refractivity contribution in [3.63, 3.8) is 0 Å². The molecule has 1 heterocycles. The van der Waals surface area contributed by atoms with Gasteiger partial charge in [0, 0.05) is 17.9 Å². The van der Waals surface area contributed by atoms with Crippen molar-refractivity contribution in [1.82, 2.24) is 15.1 Å². The lowest BCUT2D eigenvalue weighted by molar-refractivity contribution is 0.0900. The van der Waals surface area contributed by atoms with E-state index in [0.29, 0.717) is 17.7 Å². The molecule has 1 aliphatic rings. The lowest BCUT2D eigenvalue weighted by atomic mass is 9.86.